The minimum atomic E-state index is -0.101. The first-order valence-electron chi connectivity index (χ1n) is 11.8. The summed E-state index contributed by atoms with van der Waals surface area (Å²) in [4.78, 5) is 29.0. The second kappa shape index (κ2) is 11.2. The molecule has 1 aliphatic heterocycles. The highest BCUT2D eigenvalue weighted by molar-refractivity contribution is 5.93. The lowest BCUT2D eigenvalue weighted by Crippen LogP contribution is -2.49. The van der Waals surface area contributed by atoms with Crippen molar-refractivity contribution in [3.05, 3.63) is 53.6 Å². The Morgan fingerprint density at radius 3 is 2.39 bits per heavy atom. The largest absolute Gasteiger partial charge is 0.497 e. The minimum absolute atomic E-state index is 0.0493. The van der Waals surface area contributed by atoms with Crippen LogP contribution in [0.5, 0.6) is 11.5 Å². The van der Waals surface area contributed by atoms with E-state index in [-0.39, 0.29) is 24.7 Å². The number of ether oxygens (including phenoxy) is 2. The van der Waals surface area contributed by atoms with Crippen LogP contribution in [0, 0.1) is 0 Å². The van der Waals surface area contributed by atoms with Crippen LogP contribution in [-0.2, 0) is 22.4 Å². The zero-order valence-corrected chi connectivity index (χ0v) is 19.3. The number of fused-ring (bicyclic) bond motifs is 1. The maximum atomic E-state index is 12.6. The molecule has 0 bridgehead atoms. The van der Waals surface area contributed by atoms with Gasteiger partial charge in [0.25, 0.3) is 0 Å². The Balaban J connectivity index is 1.11. The van der Waals surface area contributed by atoms with E-state index in [0.717, 1.165) is 49.7 Å². The van der Waals surface area contributed by atoms with Gasteiger partial charge in [-0.25, -0.2) is 0 Å². The monoisotopic (exact) mass is 451 g/mol. The number of nitrogens with zero attached hydrogens (tertiary/aromatic N) is 2. The summed E-state index contributed by atoms with van der Waals surface area (Å²) >= 11 is 0. The summed E-state index contributed by atoms with van der Waals surface area (Å²) in [6.07, 6.45) is 3.85. The first-order chi connectivity index (χ1) is 16.1. The number of aryl methyl sites for hydroxylation is 2. The van der Waals surface area contributed by atoms with Crippen molar-refractivity contribution in [3.8, 4) is 11.5 Å². The molecule has 2 aliphatic rings. The molecule has 1 aliphatic carbocycles. The van der Waals surface area contributed by atoms with Gasteiger partial charge in [-0.3, -0.25) is 14.5 Å². The quantitative estimate of drug-likeness (QED) is 0.634. The van der Waals surface area contributed by atoms with Crippen LogP contribution < -0.4 is 14.8 Å². The molecule has 4 rings (SSSR count). The summed E-state index contributed by atoms with van der Waals surface area (Å²) in [5.41, 5.74) is 3.55. The van der Waals surface area contributed by atoms with Gasteiger partial charge < -0.3 is 19.7 Å². The molecular formula is C26H33N3O4. The van der Waals surface area contributed by atoms with Crippen LogP contribution in [0.15, 0.2) is 42.5 Å². The first-order valence-corrected chi connectivity index (χ1v) is 11.8. The third-order valence-electron chi connectivity index (χ3n) is 6.41. The van der Waals surface area contributed by atoms with E-state index < -0.39 is 0 Å². The Hall–Kier alpha value is -3.06. The average molecular weight is 452 g/mol. The van der Waals surface area contributed by atoms with Crippen LogP contribution in [0.3, 0.4) is 0 Å². The van der Waals surface area contributed by atoms with Gasteiger partial charge in [0.15, 0.2) is 0 Å². The summed E-state index contributed by atoms with van der Waals surface area (Å²) in [6, 6.07) is 13.7. The van der Waals surface area contributed by atoms with Crippen molar-refractivity contribution in [1.82, 2.24) is 9.80 Å². The van der Waals surface area contributed by atoms with E-state index in [1.807, 2.05) is 35.2 Å². The van der Waals surface area contributed by atoms with Crippen molar-refractivity contribution in [3.63, 3.8) is 0 Å². The number of rotatable bonds is 9. The van der Waals surface area contributed by atoms with Crippen molar-refractivity contribution in [1.29, 1.82) is 0 Å². The van der Waals surface area contributed by atoms with Crippen molar-refractivity contribution in [2.45, 2.75) is 32.1 Å². The standard InChI is InChI=1S/C26H33N3O4/c1-32-23-7-9-24(10-8-23)33-18-17-28-13-15-29(16-14-28)26(31)12-11-25(30)27-22-6-5-20-3-2-4-21(20)19-22/h5-10,19H,2-4,11-18H2,1H3,(H,27,30). The number of carbonyl (C=O) groups excluding carboxylic acids is 2. The molecule has 1 heterocycles. The van der Waals surface area contributed by atoms with Crippen molar-refractivity contribution in [2.75, 3.05) is 51.8 Å². The Labute approximate surface area is 195 Å². The topological polar surface area (TPSA) is 71.1 Å². The average Bonchev–Trinajstić information content (AvgIpc) is 3.31. The van der Waals surface area contributed by atoms with Gasteiger partial charge in [-0.15, -0.1) is 0 Å². The molecule has 0 spiro atoms. The Morgan fingerprint density at radius 2 is 1.64 bits per heavy atom. The van der Waals surface area contributed by atoms with Crippen LogP contribution in [0.4, 0.5) is 5.69 Å². The number of anilines is 1. The predicted molar refractivity (Wildman–Crippen MR) is 128 cm³/mol. The summed E-state index contributed by atoms with van der Waals surface area (Å²) in [6.45, 7) is 4.43. The zero-order chi connectivity index (χ0) is 23.0. The fourth-order valence-corrected chi connectivity index (χ4v) is 4.44. The number of methoxy groups -OCH3 is 1. The summed E-state index contributed by atoms with van der Waals surface area (Å²) in [5, 5.41) is 2.94. The molecule has 0 radical (unpaired) electrons. The maximum absolute atomic E-state index is 12.6. The number of hydrogen-bond acceptors (Lipinski definition) is 5. The van der Waals surface area contributed by atoms with Gasteiger partial charge in [0, 0.05) is 51.3 Å². The lowest BCUT2D eigenvalue weighted by atomic mass is 10.1. The van der Waals surface area contributed by atoms with E-state index in [4.69, 9.17) is 9.47 Å². The molecule has 2 aromatic rings. The molecule has 1 N–H and O–H groups in total. The number of nitrogens with one attached hydrogen (secondary N) is 1. The number of amides is 2. The fourth-order valence-electron chi connectivity index (χ4n) is 4.44. The molecule has 1 fully saturated rings. The third kappa shape index (κ3) is 6.48. The van der Waals surface area contributed by atoms with Crippen LogP contribution in [0.1, 0.15) is 30.4 Å². The zero-order valence-electron chi connectivity index (χ0n) is 19.3. The lowest BCUT2D eigenvalue weighted by molar-refractivity contribution is -0.134. The number of piperazine rings is 1. The molecule has 2 amide bonds. The molecule has 33 heavy (non-hydrogen) atoms. The Kier molecular flexibility index (Phi) is 7.83. The van der Waals surface area contributed by atoms with Gasteiger partial charge in [-0.1, -0.05) is 6.07 Å². The van der Waals surface area contributed by atoms with Crippen LogP contribution in [-0.4, -0.2) is 68.1 Å². The lowest BCUT2D eigenvalue weighted by Gasteiger charge is -2.34. The number of hydrogen-bond donors (Lipinski definition) is 1. The first kappa shape index (κ1) is 23.1. The van der Waals surface area contributed by atoms with E-state index in [1.54, 1.807) is 7.11 Å². The highest BCUT2D eigenvalue weighted by atomic mass is 16.5. The Bertz CT molecular complexity index is 953. The van der Waals surface area contributed by atoms with Gasteiger partial charge >= 0.3 is 0 Å². The molecule has 2 aromatic carbocycles. The third-order valence-corrected chi connectivity index (χ3v) is 6.41. The second-order valence-electron chi connectivity index (χ2n) is 8.63. The summed E-state index contributed by atoms with van der Waals surface area (Å²) in [5.74, 6) is 1.58. The smallest absolute Gasteiger partial charge is 0.224 e. The molecule has 0 unspecified atom stereocenters. The minimum Gasteiger partial charge on any atom is -0.497 e. The van der Waals surface area contributed by atoms with Gasteiger partial charge in [0.2, 0.25) is 11.8 Å². The molecule has 7 heteroatoms. The summed E-state index contributed by atoms with van der Waals surface area (Å²) in [7, 11) is 1.64. The van der Waals surface area contributed by atoms with Gasteiger partial charge in [-0.2, -0.15) is 0 Å². The van der Waals surface area contributed by atoms with Gasteiger partial charge in [-0.05, 0) is 66.8 Å². The molecule has 0 atom stereocenters. The molecule has 0 saturated carbocycles. The van der Waals surface area contributed by atoms with Crippen LogP contribution in [0.2, 0.25) is 0 Å². The van der Waals surface area contributed by atoms with Gasteiger partial charge in [0.1, 0.15) is 18.1 Å². The van der Waals surface area contributed by atoms with E-state index in [9.17, 15) is 9.59 Å². The highest BCUT2D eigenvalue weighted by Gasteiger charge is 2.21. The van der Waals surface area contributed by atoms with E-state index >= 15 is 0 Å². The van der Waals surface area contributed by atoms with Crippen molar-refractivity contribution in [2.24, 2.45) is 0 Å². The normalized spacial score (nSPS) is 15.7. The number of benzene rings is 2. The fraction of sp³-hybridized carbons (Fsp3) is 0.462. The van der Waals surface area contributed by atoms with Crippen LogP contribution >= 0.6 is 0 Å². The molecule has 7 nitrogen and oxygen atoms in total. The van der Waals surface area contributed by atoms with E-state index in [2.05, 4.69) is 22.3 Å². The maximum Gasteiger partial charge on any atom is 0.224 e. The van der Waals surface area contributed by atoms with Crippen molar-refractivity contribution < 1.29 is 19.1 Å². The molecule has 1 saturated heterocycles. The molecule has 176 valence electrons. The van der Waals surface area contributed by atoms with Crippen molar-refractivity contribution >= 4 is 17.5 Å². The predicted octanol–water partition coefficient (Wildman–Crippen LogP) is 3.13. The van der Waals surface area contributed by atoms with E-state index in [1.165, 1.54) is 17.5 Å². The summed E-state index contributed by atoms with van der Waals surface area (Å²) < 4.78 is 10.9. The van der Waals surface area contributed by atoms with Crippen LogP contribution in [0.25, 0.3) is 0 Å². The molecular weight excluding hydrogens is 418 g/mol. The number of carbonyl (C=O) groups is 2. The molecule has 0 aromatic heterocycles. The Morgan fingerprint density at radius 1 is 0.909 bits per heavy atom. The van der Waals surface area contributed by atoms with Gasteiger partial charge in [0.05, 0.1) is 7.11 Å². The van der Waals surface area contributed by atoms with E-state index in [0.29, 0.717) is 19.7 Å². The second-order valence-corrected chi connectivity index (χ2v) is 8.63. The highest BCUT2D eigenvalue weighted by Crippen LogP contribution is 2.25. The SMILES string of the molecule is COc1ccc(OCCN2CCN(C(=O)CCC(=O)Nc3ccc4c(c3)CCC4)CC2)cc1.